The van der Waals surface area contributed by atoms with Gasteiger partial charge in [-0.3, -0.25) is 4.79 Å². The molecule has 1 aromatic heterocycles. The van der Waals surface area contributed by atoms with Gasteiger partial charge in [0.05, 0.1) is 6.42 Å². The van der Waals surface area contributed by atoms with Crippen molar-refractivity contribution in [3.63, 3.8) is 0 Å². The van der Waals surface area contributed by atoms with E-state index in [4.69, 9.17) is 11.6 Å². The van der Waals surface area contributed by atoms with E-state index in [9.17, 15) is 9.90 Å². The largest absolute Gasteiger partial charge is 0.549 e. The molecule has 0 unspecified atom stereocenters. The Hall–Kier alpha value is -2.40. The number of cyclic esters (lactones) is 1. The number of carbonyl (C=O) groups is 1. The van der Waals surface area contributed by atoms with Crippen molar-refractivity contribution in [3.05, 3.63) is 53.8 Å². The lowest BCUT2D eigenvalue weighted by Gasteiger charge is -2.04. The summed E-state index contributed by atoms with van der Waals surface area (Å²) in [5.74, 6) is -1.17. The summed E-state index contributed by atoms with van der Waals surface area (Å²) in [5.41, 5.74) is 1.93. The molecule has 0 N–H and O–H groups in total. The number of hydrogen-bond donors (Lipinski definition) is 0. The van der Waals surface area contributed by atoms with Crippen LogP contribution in [0.5, 0.6) is 0 Å². The third-order valence-corrected chi connectivity index (χ3v) is 3.17. The number of benzene rings is 1. The van der Waals surface area contributed by atoms with Crippen LogP contribution in [0.25, 0.3) is 17.0 Å². The minimum Gasteiger partial charge on any atom is -0.549 e. The van der Waals surface area contributed by atoms with Gasteiger partial charge in [-0.15, -0.1) is 0 Å². The average Bonchev–Trinajstić information content (AvgIpc) is 2.79. The standard InChI is InChI=1S/C14H9ClN2O3/c15-10-3-1-9(2-4-10)11-5-6-17(8-16-11)12-7-13(18)20-14(12)19/h1-6,8H,7H2. The molecule has 0 atom stereocenters. The number of halogens is 1. The van der Waals surface area contributed by atoms with Crippen LogP contribution >= 0.6 is 11.6 Å². The smallest absolute Gasteiger partial charge is 0.291 e. The van der Waals surface area contributed by atoms with E-state index >= 15 is 0 Å². The van der Waals surface area contributed by atoms with Crippen LogP contribution < -0.4 is 9.67 Å². The Morgan fingerprint density at radius 2 is 2.00 bits per heavy atom. The summed E-state index contributed by atoms with van der Waals surface area (Å²) in [7, 11) is 0. The lowest BCUT2D eigenvalue weighted by molar-refractivity contribution is -0.591. The van der Waals surface area contributed by atoms with Crippen LogP contribution in [-0.4, -0.2) is 11.0 Å². The third kappa shape index (κ3) is 2.35. The monoisotopic (exact) mass is 288 g/mol. The van der Waals surface area contributed by atoms with Crippen molar-refractivity contribution in [2.24, 2.45) is 0 Å². The molecular weight excluding hydrogens is 280 g/mol. The van der Waals surface area contributed by atoms with Crippen molar-refractivity contribution in [3.8, 4) is 11.3 Å². The highest BCUT2D eigenvalue weighted by Crippen LogP contribution is 2.19. The van der Waals surface area contributed by atoms with Crippen molar-refractivity contribution >= 4 is 23.3 Å². The molecular formula is C14H9ClN2O3. The molecule has 0 saturated carbocycles. The fourth-order valence-corrected chi connectivity index (χ4v) is 2.04. The molecule has 0 saturated heterocycles. The van der Waals surface area contributed by atoms with Crippen molar-refractivity contribution in [2.75, 3.05) is 0 Å². The van der Waals surface area contributed by atoms with Crippen LogP contribution in [0.3, 0.4) is 0 Å². The van der Waals surface area contributed by atoms with E-state index in [1.54, 1.807) is 24.4 Å². The topological polar surface area (TPSA) is 66.1 Å². The summed E-state index contributed by atoms with van der Waals surface area (Å²) >= 11 is 5.83. The Balaban J connectivity index is 1.90. The second-order valence-corrected chi connectivity index (χ2v) is 4.68. The molecule has 3 rings (SSSR count). The zero-order valence-corrected chi connectivity index (χ0v) is 11.0. The van der Waals surface area contributed by atoms with Gasteiger partial charge in [0.2, 0.25) is 5.97 Å². The Kier molecular flexibility index (Phi) is 3.12. The zero-order valence-electron chi connectivity index (χ0n) is 10.2. The maximum absolute atomic E-state index is 11.4. The molecule has 0 bridgehead atoms. The number of ether oxygens (including phenoxy) is 1. The summed E-state index contributed by atoms with van der Waals surface area (Å²) < 4.78 is 5.97. The van der Waals surface area contributed by atoms with Crippen LogP contribution in [-0.2, 0) is 9.53 Å². The molecule has 6 heteroatoms. The Labute approximate surface area is 119 Å². The SMILES string of the molecule is O=C1CC([n+]2ccc(-c3ccc(Cl)cc3)nc2)=C([O-])O1. The second-order valence-electron chi connectivity index (χ2n) is 4.24. The van der Waals surface area contributed by atoms with Crippen LogP contribution in [0.15, 0.2) is 48.8 Å². The molecule has 2 aromatic rings. The highest BCUT2D eigenvalue weighted by Gasteiger charge is 2.20. The molecule has 20 heavy (non-hydrogen) atoms. The first-order valence-corrected chi connectivity index (χ1v) is 6.26. The van der Waals surface area contributed by atoms with E-state index in [1.807, 2.05) is 12.1 Å². The Bertz CT molecular complexity index is 693. The van der Waals surface area contributed by atoms with E-state index in [2.05, 4.69) is 9.72 Å². The highest BCUT2D eigenvalue weighted by molar-refractivity contribution is 6.30. The van der Waals surface area contributed by atoms with Crippen LogP contribution in [0.4, 0.5) is 0 Å². The maximum Gasteiger partial charge on any atom is 0.291 e. The summed E-state index contributed by atoms with van der Waals surface area (Å²) in [5, 5.41) is 12.1. The quantitative estimate of drug-likeness (QED) is 0.613. The van der Waals surface area contributed by atoms with Gasteiger partial charge in [-0.05, 0) is 29.2 Å². The lowest BCUT2D eigenvalue weighted by atomic mass is 10.1. The molecule has 100 valence electrons. The van der Waals surface area contributed by atoms with Crippen molar-refractivity contribution < 1.29 is 19.2 Å². The van der Waals surface area contributed by atoms with E-state index in [0.717, 1.165) is 11.3 Å². The normalized spacial score (nSPS) is 14.6. The maximum atomic E-state index is 11.4. The van der Waals surface area contributed by atoms with Crippen LogP contribution in [0.2, 0.25) is 5.02 Å². The van der Waals surface area contributed by atoms with E-state index < -0.39 is 11.9 Å². The van der Waals surface area contributed by atoms with Crippen LogP contribution in [0.1, 0.15) is 6.42 Å². The molecule has 0 fully saturated rings. The predicted octanol–water partition coefficient (Wildman–Crippen LogP) is 1.12. The van der Waals surface area contributed by atoms with Crippen molar-refractivity contribution in [1.82, 2.24) is 4.98 Å². The summed E-state index contributed by atoms with van der Waals surface area (Å²) in [6.45, 7) is 0. The van der Waals surface area contributed by atoms with Gasteiger partial charge in [-0.2, -0.15) is 0 Å². The van der Waals surface area contributed by atoms with Gasteiger partial charge in [0, 0.05) is 16.7 Å². The minimum atomic E-state index is -0.624. The fraction of sp³-hybridized carbons (Fsp3) is 0.0714. The first kappa shape index (κ1) is 12.6. The molecule has 1 aliphatic heterocycles. The number of nitrogens with zero attached hydrogens (tertiary/aromatic N) is 2. The zero-order chi connectivity index (χ0) is 14.1. The fourth-order valence-electron chi connectivity index (χ4n) is 1.91. The number of carbonyl (C=O) groups excluding carboxylic acids is 1. The van der Waals surface area contributed by atoms with Crippen molar-refractivity contribution in [1.29, 1.82) is 0 Å². The molecule has 0 amide bonds. The van der Waals surface area contributed by atoms with Gasteiger partial charge in [0.25, 0.3) is 6.33 Å². The molecule has 0 radical (unpaired) electrons. The molecule has 1 aliphatic rings. The van der Waals surface area contributed by atoms with E-state index in [0.29, 0.717) is 5.02 Å². The molecule has 0 spiro atoms. The summed E-state index contributed by atoms with van der Waals surface area (Å²) in [6, 6.07) is 9.03. The number of hydrogen-bond acceptors (Lipinski definition) is 4. The Morgan fingerprint density at radius 1 is 1.25 bits per heavy atom. The third-order valence-electron chi connectivity index (χ3n) is 2.92. The minimum absolute atomic E-state index is 0.0362. The van der Waals surface area contributed by atoms with E-state index in [1.165, 1.54) is 10.9 Å². The van der Waals surface area contributed by atoms with Gasteiger partial charge < -0.3 is 9.84 Å². The number of esters is 1. The van der Waals surface area contributed by atoms with Gasteiger partial charge >= 0.3 is 0 Å². The number of rotatable bonds is 2. The first-order valence-electron chi connectivity index (χ1n) is 5.88. The predicted molar refractivity (Wildman–Crippen MR) is 68.8 cm³/mol. The summed E-state index contributed by atoms with van der Waals surface area (Å²) in [4.78, 5) is 15.3. The average molecular weight is 289 g/mol. The molecule has 2 heterocycles. The second kappa shape index (κ2) is 4.94. The lowest BCUT2D eigenvalue weighted by Crippen LogP contribution is -2.33. The first-order chi connectivity index (χ1) is 9.63. The highest BCUT2D eigenvalue weighted by atomic mass is 35.5. The Morgan fingerprint density at radius 3 is 2.55 bits per heavy atom. The van der Waals surface area contributed by atoms with Gasteiger partial charge in [-0.25, -0.2) is 4.57 Å². The summed E-state index contributed by atoms with van der Waals surface area (Å²) in [6.07, 6.45) is 3.12. The molecule has 1 aromatic carbocycles. The van der Waals surface area contributed by atoms with Gasteiger partial charge in [-0.1, -0.05) is 11.6 Å². The number of aromatic nitrogens is 2. The molecule has 5 nitrogen and oxygen atoms in total. The molecule has 0 aliphatic carbocycles. The van der Waals surface area contributed by atoms with Gasteiger partial charge in [0.15, 0.2) is 5.69 Å². The van der Waals surface area contributed by atoms with Crippen LogP contribution in [0, 0.1) is 0 Å². The van der Waals surface area contributed by atoms with E-state index in [-0.39, 0.29) is 12.1 Å². The van der Waals surface area contributed by atoms with Gasteiger partial charge in [0.1, 0.15) is 17.8 Å². The van der Waals surface area contributed by atoms with Crippen molar-refractivity contribution in [2.45, 2.75) is 6.42 Å².